The summed E-state index contributed by atoms with van der Waals surface area (Å²) in [5, 5.41) is 2.57. The van der Waals surface area contributed by atoms with Gasteiger partial charge in [-0.15, -0.1) is 0 Å². The number of nitrogens with zero attached hydrogens (tertiary/aromatic N) is 2. The minimum absolute atomic E-state index is 0.0970. The zero-order chi connectivity index (χ0) is 48.2. The van der Waals surface area contributed by atoms with Gasteiger partial charge in [-0.25, -0.2) is 0 Å². The average Bonchev–Trinajstić information content (AvgIpc) is 4.14. The normalized spacial score (nSPS) is 19.3. The maximum Gasteiger partial charge on any atom is 0.0755 e. The number of hydrogen-bond acceptors (Lipinski definition) is 1. The Bertz CT molecular complexity index is 4170. The fourth-order valence-corrected chi connectivity index (χ4v) is 15.3. The lowest BCUT2D eigenvalue weighted by molar-refractivity contribution is 0.457. The third-order valence-corrected chi connectivity index (χ3v) is 17.9. The van der Waals surface area contributed by atoms with E-state index in [9.17, 15) is 0 Å². The zero-order valence-electron chi connectivity index (χ0n) is 40.8. The lowest BCUT2D eigenvalue weighted by Crippen LogP contribution is -2.34. The molecule has 2 nitrogen and oxygen atoms in total. The molecule has 0 radical (unpaired) electrons. The maximum atomic E-state index is 2.71. The molecule has 0 saturated carbocycles. The Morgan fingerprint density at radius 3 is 1.67 bits per heavy atom. The number of para-hydroxylation sites is 3. The van der Waals surface area contributed by atoms with E-state index in [2.05, 4.69) is 278 Å². The fourth-order valence-electron chi connectivity index (χ4n) is 15.3. The summed E-state index contributed by atoms with van der Waals surface area (Å²) in [5.74, 6) is 0.234. The van der Waals surface area contributed by atoms with Gasteiger partial charge in [-0.3, -0.25) is 0 Å². The van der Waals surface area contributed by atoms with Gasteiger partial charge in [0.1, 0.15) is 0 Å². The molecule has 0 bridgehead atoms. The molecule has 2 heterocycles. The molecule has 11 aromatic rings. The van der Waals surface area contributed by atoms with Crippen molar-refractivity contribution in [3.63, 3.8) is 0 Å². The standard InChI is InChI=1S/C71H50N2/c1-69(2)52-32-13-9-28-49(52)65-56(69)36-20-42-62(65)72(63-43-21-37-57-66(63)50-29-10-14-33-53(50)70(57,45-23-5-3-6-24-45)46-25-7-4-8-26-46)64-44-22-38-58-67(64)51-30-11-15-34-54(51)71(58)55-35-16-18-41-61(55)73-60-40-17-12-27-47(60)48-31-19-39-59(71)68(48)73/h3-44,50,53H,1-2H3. The summed E-state index contributed by atoms with van der Waals surface area (Å²) in [4.78, 5) is 2.71. The van der Waals surface area contributed by atoms with E-state index in [1.165, 1.54) is 122 Å². The first kappa shape index (κ1) is 41.0. The second kappa shape index (κ2) is 14.7. The van der Waals surface area contributed by atoms with Gasteiger partial charge in [-0.2, -0.15) is 0 Å². The molecule has 0 fully saturated rings. The van der Waals surface area contributed by atoms with Crippen LogP contribution < -0.4 is 4.90 Å². The third kappa shape index (κ3) is 4.99. The lowest BCUT2D eigenvalue weighted by Gasteiger charge is -2.40. The monoisotopic (exact) mass is 930 g/mol. The Labute approximate surface area is 426 Å². The van der Waals surface area contributed by atoms with Crippen molar-refractivity contribution in [3.8, 4) is 27.9 Å². The molecule has 3 atom stereocenters. The van der Waals surface area contributed by atoms with Crippen LogP contribution in [0.15, 0.2) is 255 Å². The van der Waals surface area contributed by atoms with Gasteiger partial charge in [-0.05, 0) is 97.1 Å². The number of aromatic nitrogens is 1. The largest absolute Gasteiger partial charge is 0.309 e. The van der Waals surface area contributed by atoms with E-state index in [1.807, 2.05) is 0 Å². The van der Waals surface area contributed by atoms with Crippen molar-refractivity contribution in [2.24, 2.45) is 5.92 Å². The van der Waals surface area contributed by atoms with Crippen molar-refractivity contribution in [1.82, 2.24) is 4.57 Å². The predicted molar refractivity (Wildman–Crippen MR) is 301 cm³/mol. The molecule has 5 aliphatic rings. The Balaban J connectivity index is 1.05. The number of anilines is 3. The molecule has 16 rings (SSSR count). The Morgan fingerprint density at radius 1 is 0.397 bits per heavy atom. The first-order valence-electron chi connectivity index (χ1n) is 26.0. The highest BCUT2D eigenvalue weighted by Gasteiger charge is 2.56. The van der Waals surface area contributed by atoms with Crippen LogP contribution in [0.3, 0.4) is 0 Å². The molecule has 344 valence electrons. The molecule has 73 heavy (non-hydrogen) atoms. The van der Waals surface area contributed by atoms with Gasteiger partial charge in [0.25, 0.3) is 0 Å². The Kier molecular flexibility index (Phi) is 8.24. The summed E-state index contributed by atoms with van der Waals surface area (Å²) in [7, 11) is 0. The van der Waals surface area contributed by atoms with E-state index in [1.54, 1.807) is 0 Å². The van der Waals surface area contributed by atoms with Crippen LogP contribution in [0.25, 0.3) is 49.7 Å². The quantitative estimate of drug-likeness (QED) is 0.167. The predicted octanol–water partition coefficient (Wildman–Crippen LogP) is 17.4. The van der Waals surface area contributed by atoms with Crippen LogP contribution in [-0.4, -0.2) is 4.57 Å². The van der Waals surface area contributed by atoms with Gasteiger partial charge >= 0.3 is 0 Å². The smallest absolute Gasteiger partial charge is 0.0755 e. The van der Waals surface area contributed by atoms with Gasteiger partial charge < -0.3 is 9.47 Å². The van der Waals surface area contributed by atoms with Crippen molar-refractivity contribution in [3.05, 3.63) is 310 Å². The number of fused-ring (bicyclic) bond motifs is 18. The van der Waals surface area contributed by atoms with Crippen LogP contribution in [0, 0.1) is 5.92 Å². The van der Waals surface area contributed by atoms with E-state index < -0.39 is 10.8 Å². The molecular formula is C71H50N2. The SMILES string of the molecule is CC1(C)c2ccccc2-c2c(N(c3cccc4c3-c3ccccc3C43c4ccccc4-n4c5ccccc5c5cccc3c54)c3cccc4c3C3C=CC=CC3C4(c3ccccc3)c3ccccc3)cccc21. The van der Waals surface area contributed by atoms with Crippen molar-refractivity contribution < 1.29 is 0 Å². The lowest BCUT2D eigenvalue weighted by atomic mass is 9.63. The molecular weight excluding hydrogens is 881 g/mol. The van der Waals surface area contributed by atoms with E-state index in [4.69, 9.17) is 0 Å². The van der Waals surface area contributed by atoms with E-state index in [-0.39, 0.29) is 17.3 Å². The first-order valence-corrected chi connectivity index (χ1v) is 26.0. The molecule has 1 aromatic heterocycles. The van der Waals surface area contributed by atoms with Gasteiger partial charge in [0, 0.05) is 39.2 Å². The van der Waals surface area contributed by atoms with E-state index in [0.717, 1.165) is 0 Å². The van der Waals surface area contributed by atoms with Crippen LogP contribution in [-0.2, 0) is 16.2 Å². The van der Waals surface area contributed by atoms with Gasteiger partial charge in [0.2, 0.25) is 0 Å². The van der Waals surface area contributed by atoms with Crippen molar-refractivity contribution >= 4 is 38.9 Å². The molecule has 0 amide bonds. The molecule has 0 N–H and O–H groups in total. The molecule has 10 aromatic carbocycles. The fraction of sp³-hybridized carbons (Fsp3) is 0.0986. The molecule has 0 saturated heterocycles. The van der Waals surface area contributed by atoms with Crippen LogP contribution in [0.5, 0.6) is 0 Å². The zero-order valence-corrected chi connectivity index (χ0v) is 40.8. The summed E-state index contributed by atoms with van der Waals surface area (Å²) in [6.45, 7) is 4.81. The highest BCUT2D eigenvalue weighted by atomic mass is 15.2. The molecule has 1 aliphatic heterocycles. The second-order valence-electron chi connectivity index (χ2n) is 21.4. The van der Waals surface area contributed by atoms with Gasteiger partial charge in [0.15, 0.2) is 0 Å². The number of benzene rings is 10. The number of rotatable bonds is 5. The number of allylic oxidation sites excluding steroid dienone is 4. The van der Waals surface area contributed by atoms with Crippen LogP contribution in [0.4, 0.5) is 17.1 Å². The summed E-state index contributed by atoms with van der Waals surface area (Å²) >= 11 is 0. The average molecular weight is 931 g/mol. The van der Waals surface area contributed by atoms with E-state index >= 15 is 0 Å². The summed E-state index contributed by atoms with van der Waals surface area (Å²) in [6.07, 6.45) is 9.57. The van der Waals surface area contributed by atoms with Gasteiger partial charge in [-0.1, -0.05) is 238 Å². The van der Waals surface area contributed by atoms with Crippen LogP contribution in [0.1, 0.15) is 75.4 Å². The first-order chi connectivity index (χ1) is 36.0. The summed E-state index contributed by atoms with van der Waals surface area (Å²) in [6, 6.07) is 88.0. The van der Waals surface area contributed by atoms with Gasteiger partial charge in [0.05, 0.1) is 44.6 Å². The molecule has 3 unspecified atom stereocenters. The Hall–Kier alpha value is -8.72. The van der Waals surface area contributed by atoms with Crippen molar-refractivity contribution in [2.45, 2.75) is 36.0 Å². The molecule has 2 heteroatoms. The number of hydrogen-bond donors (Lipinski definition) is 0. The minimum Gasteiger partial charge on any atom is -0.309 e. The highest BCUT2D eigenvalue weighted by molar-refractivity contribution is 6.13. The molecule has 1 spiro atoms. The minimum atomic E-state index is -0.599. The van der Waals surface area contributed by atoms with Crippen LogP contribution >= 0.6 is 0 Å². The van der Waals surface area contributed by atoms with Crippen molar-refractivity contribution in [1.29, 1.82) is 0 Å². The topological polar surface area (TPSA) is 8.17 Å². The van der Waals surface area contributed by atoms with E-state index in [0.29, 0.717) is 0 Å². The highest BCUT2D eigenvalue weighted by Crippen LogP contribution is 2.67. The third-order valence-electron chi connectivity index (χ3n) is 17.9. The molecule has 4 aliphatic carbocycles. The van der Waals surface area contributed by atoms with Crippen LogP contribution in [0.2, 0.25) is 0 Å². The summed E-state index contributed by atoms with van der Waals surface area (Å²) in [5.41, 5.74) is 24.6. The Morgan fingerprint density at radius 2 is 0.918 bits per heavy atom. The maximum absolute atomic E-state index is 2.71. The van der Waals surface area contributed by atoms with Crippen molar-refractivity contribution in [2.75, 3.05) is 4.90 Å². The second-order valence-corrected chi connectivity index (χ2v) is 21.4. The summed E-state index contributed by atoms with van der Waals surface area (Å²) < 4.78 is 2.55.